The van der Waals surface area contributed by atoms with Crippen LogP contribution in [0.5, 0.6) is 0 Å². The van der Waals surface area contributed by atoms with E-state index in [1.165, 1.54) is 19.3 Å². The molecule has 3 fully saturated rings. The van der Waals surface area contributed by atoms with E-state index < -0.39 is 0 Å². The molecule has 0 nitrogen and oxygen atoms in total. The van der Waals surface area contributed by atoms with Gasteiger partial charge in [0.1, 0.15) is 0 Å². The third-order valence-electron chi connectivity index (χ3n) is 4.28. The lowest BCUT2D eigenvalue weighted by molar-refractivity contribution is 0.282. The van der Waals surface area contributed by atoms with Crippen LogP contribution in [0.15, 0.2) is 0 Å². The van der Waals surface area contributed by atoms with Gasteiger partial charge in [0.05, 0.1) is 0 Å². The summed E-state index contributed by atoms with van der Waals surface area (Å²) in [5.41, 5.74) is 0. The molecule has 0 N–H and O–H groups in total. The van der Waals surface area contributed by atoms with Gasteiger partial charge in [0.2, 0.25) is 0 Å². The van der Waals surface area contributed by atoms with Crippen molar-refractivity contribution in [2.24, 2.45) is 17.8 Å². The monoisotopic (exact) mass is 163 g/mol. The van der Waals surface area contributed by atoms with Crippen molar-refractivity contribution < 1.29 is 0 Å². The number of hydrogen-bond donors (Lipinski definition) is 0. The molecule has 0 heteroatoms. The zero-order valence-corrected chi connectivity index (χ0v) is 7.89. The van der Waals surface area contributed by atoms with Crippen LogP contribution in [-0.2, 0) is 0 Å². The molecular formula is C12H19. The maximum absolute atomic E-state index is 2.02. The van der Waals surface area contributed by atoms with E-state index in [-0.39, 0.29) is 0 Å². The van der Waals surface area contributed by atoms with Crippen LogP contribution < -0.4 is 0 Å². The minimum Gasteiger partial charge on any atom is -0.0527 e. The fourth-order valence-electron chi connectivity index (χ4n) is 3.22. The topological polar surface area (TPSA) is 0 Å². The lowest BCUT2D eigenvalue weighted by Crippen LogP contribution is -2.24. The van der Waals surface area contributed by atoms with Gasteiger partial charge in [-0.1, -0.05) is 12.8 Å². The molecule has 12 heavy (non-hydrogen) atoms. The Balaban J connectivity index is 1.66. The Kier molecular flexibility index (Phi) is 1.70. The minimum atomic E-state index is 1.10. The second-order valence-corrected chi connectivity index (χ2v) is 5.04. The van der Waals surface area contributed by atoms with Gasteiger partial charge in [-0.2, -0.15) is 0 Å². The first-order valence-electron chi connectivity index (χ1n) is 5.81. The lowest BCUT2D eigenvalue weighted by atomic mass is 9.71. The van der Waals surface area contributed by atoms with E-state index >= 15 is 0 Å². The average molecular weight is 163 g/mol. The highest BCUT2D eigenvalue weighted by atomic mass is 14.5. The standard InChI is InChI=1S/C12H19/c1-3-9(4-1)11-5-2-6-12(11)10-7-8-10/h9-10,12H,1-8H2. The molecule has 3 aliphatic carbocycles. The predicted molar refractivity (Wildman–Crippen MR) is 50.6 cm³/mol. The summed E-state index contributed by atoms with van der Waals surface area (Å²) >= 11 is 0. The highest BCUT2D eigenvalue weighted by molar-refractivity contribution is 5.12. The Labute approximate surface area is 75.7 Å². The van der Waals surface area contributed by atoms with Gasteiger partial charge in [-0.25, -0.2) is 0 Å². The summed E-state index contributed by atoms with van der Waals surface area (Å²) in [7, 11) is 0. The van der Waals surface area contributed by atoms with Crippen molar-refractivity contribution >= 4 is 0 Å². The molecule has 0 aromatic heterocycles. The second kappa shape index (κ2) is 2.75. The fraction of sp³-hybridized carbons (Fsp3) is 0.917. The molecule has 0 spiro atoms. The van der Waals surface area contributed by atoms with Crippen LogP contribution in [0.25, 0.3) is 0 Å². The van der Waals surface area contributed by atoms with Crippen molar-refractivity contribution in [3.05, 3.63) is 5.92 Å². The van der Waals surface area contributed by atoms with Crippen molar-refractivity contribution in [1.82, 2.24) is 0 Å². The Morgan fingerprint density at radius 2 is 1.67 bits per heavy atom. The molecule has 3 saturated carbocycles. The van der Waals surface area contributed by atoms with Gasteiger partial charge in [-0.05, 0) is 62.2 Å². The Morgan fingerprint density at radius 1 is 0.833 bits per heavy atom. The van der Waals surface area contributed by atoms with Crippen molar-refractivity contribution in [3.8, 4) is 0 Å². The quantitative estimate of drug-likeness (QED) is 0.583. The molecule has 3 rings (SSSR count). The third kappa shape index (κ3) is 1.11. The molecule has 1 unspecified atom stereocenters. The zero-order valence-electron chi connectivity index (χ0n) is 7.89. The molecule has 0 saturated heterocycles. The first-order valence-corrected chi connectivity index (χ1v) is 5.81. The van der Waals surface area contributed by atoms with E-state index in [9.17, 15) is 0 Å². The molecule has 0 aliphatic heterocycles. The maximum atomic E-state index is 2.02. The molecule has 0 heterocycles. The molecule has 0 aromatic carbocycles. The van der Waals surface area contributed by atoms with E-state index in [4.69, 9.17) is 0 Å². The van der Waals surface area contributed by atoms with Gasteiger partial charge < -0.3 is 0 Å². The van der Waals surface area contributed by atoms with Crippen molar-refractivity contribution in [3.63, 3.8) is 0 Å². The van der Waals surface area contributed by atoms with Crippen LogP contribution in [-0.4, -0.2) is 0 Å². The molecule has 67 valence electrons. The highest BCUT2D eigenvalue weighted by Crippen LogP contribution is 2.54. The van der Waals surface area contributed by atoms with Crippen LogP contribution in [0.3, 0.4) is 0 Å². The summed E-state index contributed by atoms with van der Waals surface area (Å²) in [6.07, 6.45) is 12.3. The number of rotatable bonds is 2. The van der Waals surface area contributed by atoms with Crippen LogP contribution in [0.4, 0.5) is 0 Å². The molecule has 1 atom stereocenters. The molecule has 0 bridgehead atoms. The first-order chi connectivity index (χ1) is 5.95. The van der Waals surface area contributed by atoms with Gasteiger partial charge in [-0.3, -0.25) is 0 Å². The van der Waals surface area contributed by atoms with Crippen LogP contribution >= 0.6 is 0 Å². The Hall–Kier alpha value is 0. The Bertz CT molecular complexity index is 165. The van der Waals surface area contributed by atoms with E-state index in [1.54, 1.807) is 32.1 Å². The predicted octanol–water partition coefficient (Wildman–Crippen LogP) is 3.57. The van der Waals surface area contributed by atoms with Crippen molar-refractivity contribution in [1.29, 1.82) is 0 Å². The molecule has 0 amide bonds. The summed E-state index contributed by atoms with van der Waals surface area (Å²) in [6.45, 7) is 0. The number of hydrogen-bond acceptors (Lipinski definition) is 0. The molecule has 0 aromatic rings. The first kappa shape index (κ1) is 7.41. The maximum Gasteiger partial charge on any atom is -0.0176 e. The average Bonchev–Trinajstić information content (AvgIpc) is 2.70. The van der Waals surface area contributed by atoms with Crippen LogP contribution in [0.1, 0.15) is 51.4 Å². The van der Waals surface area contributed by atoms with E-state index in [1.807, 2.05) is 5.92 Å². The van der Waals surface area contributed by atoms with Gasteiger partial charge in [0, 0.05) is 0 Å². The minimum absolute atomic E-state index is 1.10. The smallest absolute Gasteiger partial charge is 0.0176 e. The van der Waals surface area contributed by atoms with Gasteiger partial charge in [-0.15, -0.1) is 0 Å². The summed E-state index contributed by atoms with van der Waals surface area (Å²) in [5.74, 6) is 5.38. The van der Waals surface area contributed by atoms with Gasteiger partial charge >= 0.3 is 0 Å². The second-order valence-electron chi connectivity index (χ2n) is 5.04. The zero-order chi connectivity index (χ0) is 7.97. The van der Waals surface area contributed by atoms with Gasteiger partial charge in [0.25, 0.3) is 0 Å². The lowest BCUT2D eigenvalue weighted by Gasteiger charge is -2.34. The van der Waals surface area contributed by atoms with Crippen molar-refractivity contribution in [2.45, 2.75) is 51.4 Å². The summed E-state index contributed by atoms with van der Waals surface area (Å²) in [5, 5.41) is 0. The molecule has 3 aliphatic rings. The largest absolute Gasteiger partial charge is 0.0527 e. The van der Waals surface area contributed by atoms with Crippen LogP contribution in [0.2, 0.25) is 0 Å². The van der Waals surface area contributed by atoms with E-state index in [0.717, 1.165) is 17.8 Å². The van der Waals surface area contributed by atoms with Crippen molar-refractivity contribution in [2.75, 3.05) is 0 Å². The summed E-state index contributed by atoms with van der Waals surface area (Å²) in [6, 6.07) is 0. The third-order valence-corrected chi connectivity index (χ3v) is 4.28. The fourth-order valence-corrected chi connectivity index (χ4v) is 3.22. The highest BCUT2D eigenvalue weighted by Gasteiger charge is 2.43. The van der Waals surface area contributed by atoms with Crippen LogP contribution in [0, 0.1) is 23.7 Å². The molecular weight excluding hydrogens is 144 g/mol. The normalized spacial score (nSPS) is 38.5. The summed E-state index contributed by atoms with van der Waals surface area (Å²) < 4.78 is 0. The molecule has 1 radical (unpaired) electrons. The van der Waals surface area contributed by atoms with E-state index in [0.29, 0.717) is 0 Å². The van der Waals surface area contributed by atoms with Gasteiger partial charge in [0.15, 0.2) is 0 Å². The van der Waals surface area contributed by atoms with E-state index in [2.05, 4.69) is 0 Å². The Morgan fingerprint density at radius 3 is 2.25 bits per heavy atom. The SMILES string of the molecule is C1CC([C]2CCCC2C2CC2)C1. The summed E-state index contributed by atoms with van der Waals surface area (Å²) in [4.78, 5) is 0.